The van der Waals surface area contributed by atoms with Crippen molar-refractivity contribution < 1.29 is 4.79 Å². The fourth-order valence-corrected chi connectivity index (χ4v) is 3.49. The Morgan fingerprint density at radius 2 is 2.16 bits per heavy atom. The number of nitrogens with two attached hydrogens (primary N) is 1. The van der Waals surface area contributed by atoms with E-state index in [9.17, 15) is 4.79 Å². The second kappa shape index (κ2) is 4.23. The quantitative estimate of drug-likeness (QED) is 0.902. The maximum Gasteiger partial charge on any atom is 0.263 e. The van der Waals surface area contributed by atoms with Crippen LogP contribution in [0, 0.1) is 11.3 Å². The van der Waals surface area contributed by atoms with E-state index in [1.807, 2.05) is 24.3 Å². The molecule has 19 heavy (non-hydrogen) atoms. The molecule has 3 rings (SSSR count). The summed E-state index contributed by atoms with van der Waals surface area (Å²) in [5, 5.41) is 3.99. The molecular formula is C15H18N2OS. The van der Waals surface area contributed by atoms with Crippen LogP contribution in [0.15, 0.2) is 24.3 Å². The smallest absolute Gasteiger partial charge is 0.263 e. The van der Waals surface area contributed by atoms with Crippen LogP contribution < -0.4 is 11.1 Å². The molecule has 1 atom stereocenters. The van der Waals surface area contributed by atoms with Gasteiger partial charge in [-0.2, -0.15) is 0 Å². The van der Waals surface area contributed by atoms with E-state index in [0.717, 1.165) is 16.6 Å². The Labute approximate surface area is 116 Å². The number of nitrogens with one attached hydrogen (secondary N) is 1. The van der Waals surface area contributed by atoms with Gasteiger partial charge in [-0.3, -0.25) is 4.79 Å². The van der Waals surface area contributed by atoms with E-state index in [1.165, 1.54) is 17.8 Å². The minimum atomic E-state index is -0.0404. The highest BCUT2D eigenvalue weighted by atomic mass is 32.1. The van der Waals surface area contributed by atoms with Crippen LogP contribution in [0.3, 0.4) is 0 Å². The van der Waals surface area contributed by atoms with E-state index in [1.54, 1.807) is 0 Å². The Morgan fingerprint density at radius 1 is 1.47 bits per heavy atom. The average molecular weight is 274 g/mol. The summed E-state index contributed by atoms with van der Waals surface area (Å²) < 4.78 is 1.07. The summed E-state index contributed by atoms with van der Waals surface area (Å²) >= 11 is 1.47. The molecule has 0 aliphatic heterocycles. The summed E-state index contributed by atoms with van der Waals surface area (Å²) in [6.45, 7) is 5.22. The number of carbonyl (C=O) groups is 1. The fourth-order valence-electron chi connectivity index (χ4n) is 2.45. The Balaban J connectivity index is 1.76. The molecule has 2 aromatic rings. The summed E-state index contributed by atoms with van der Waals surface area (Å²) in [6, 6.07) is 7.87. The van der Waals surface area contributed by atoms with Gasteiger partial charge in [0.1, 0.15) is 4.88 Å². The number of nitrogen functional groups attached to an aromatic ring is 1. The maximum atomic E-state index is 12.2. The standard InChI is InChI=1S/C15H18N2OS/c1-15(2)7-9(15)8-17-14(18)13-12(16)10-5-3-4-6-11(10)19-13/h3-6,9H,7-8,16H2,1-2H3,(H,17,18). The van der Waals surface area contributed by atoms with Crippen molar-refractivity contribution in [2.45, 2.75) is 20.3 Å². The van der Waals surface area contributed by atoms with Crippen LogP contribution >= 0.6 is 11.3 Å². The largest absolute Gasteiger partial charge is 0.397 e. The lowest BCUT2D eigenvalue weighted by Gasteiger charge is -2.05. The topological polar surface area (TPSA) is 55.1 Å². The van der Waals surface area contributed by atoms with Gasteiger partial charge in [0.25, 0.3) is 5.91 Å². The number of benzene rings is 1. The third kappa shape index (κ3) is 2.21. The molecule has 1 aliphatic rings. The summed E-state index contributed by atoms with van der Waals surface area (Å²) in [4.78, 5) is 12.8. The highest BCUT2D eigenvalue weighted by molar-refractivity contribution is 7.21. The van der Waals surface area contributed by atoms with Crippen molar-refractivity contribution in [3.05, 3.63) is 29.1 Å². The Hall–Kier alpha value is -1.55. The molecule has 4 heteroatoms. The van der Waals surface area contributed by atoms with Crippen molar-refractivity contribution in [2.75, 3.05) is 12.3 Å². The van der Waals surface area contributed by atoms with Gasteiger partial charge < -0.3 is 11.1 Å². The molecule has 0 saturated heterocycles. The first-order valence-corrected chi connectivity index (χ1v) is 7.36. The number of hydrogen-bond donors (Lipinski definition) is 2. The van der Waals surface area contributed by atoms with Crippen LogP contribution in [-0.2, 0) is 0 Å². The van der Waals surface area contributed by atoms with Gasteiger partial charge in [0.15, 0.2) is 0 Å². The van der Waals surface area contributed by atoms with E-state index >= 15 is 0 Å². The molecule has 0 bridgehead atoms. The lowest BCUT2D eigenvalue weighted by atomic mass is 10.1. The van der Waals surface area contributed by atoms with Crippen LogP contribution in [0.5, 0.6) is 0 Å². The first-order chi connectivity index (χ1) is 8.99. The normalized spacial score (nSPS) is 20.4. The molecule has 1 aromatic heterocycles. The van der Waals surface area contributed by atoms with Gasteiger partial charge in [-0.1, -0.05) is 32.0 Å². The van der Waals surface area contributed by atoms with E-state index in [-0.39, 0.29) is 5.91 Å². The number of carbonyl (C=O) groups excluding carboxylic acids is 1. The molecule has 0 spiro atoms. The SMILES string of the molecule is CC1(C)CC1CNC(=O)c1sc2ccccc2c1N. The summed E-state index contributed by atoms with van der Waals surface area (Å²) in [7, 11) is 0. The number of anilines is 1. The first-order valence-electron chi connectivity index (χ1n) is 6.54. The van der Waals surface area contributed by atoms with Crippen LogP contribution in [-0.4, -0.2) is 12.5 Å². The van der Waals surface area contributed by atoms with Crippen molar-refractivity contribution in [3.63, 3.8) is 0 Å². The number of fused-ring (bicyclic) bond motifs is 1. The number of rotatable bonds is 3. The van der Waals surface area contributed by atoms with Gasteiger partial charge in [0.05, 0.1) is 5.69 Å². The van der Waals surface area contributed by atoms with E-state index in [0.29, 0.717) is 21.9 Å². The zero-order valence-corrected chi connectivity index (χ0v) is 12.0. The van der Waals surface area contributed by atoms with Crippen LogP contribution in [0.1, 0.15) is 29.9 Å². The van der Waals surface area contributed by atoms with Crippen molar-refractivity contribution in [1.82, 2.24) is 5.32 Å². The van der Waals surface area contributed by atoms with Gasteiger partial charge >= 0.3 is 0 Å². The number of thiophene rings is 1. The predicted octanol–water partition coefficient (Wildman–Crippen LogP) is 3.26. The molecule has 1 aromatic carbocycles. The maximum absolute atomic E-state index is 12.2. The minimum absolute atomic E-state index is 0.0404. The molecule has 0 radical (unpaired) electrons. The molecule has 1 saturated carbocycles. The van der Waals surface area contributed by atoms with E-state index in [2.05, 4.69) is 19.2 Å². The second-order valence-corrected chi connectivity index (χ2v) is 6.99. The predicted molar refractivity (Wildman–Crippen MR) is 80.5 cm³/mol. The number of hydrogen-bond acceptors (Lipinski definition) is 3. The van der Waals surface area contributed by atoms with Crippen molar-refractivity contribution in [2.24, 2.45) is 11.3 Å². The van der Waals surface area contributed by atoms with Crippen molar-refractivity contribution in [3.8, 4) is 0 Å². The highest BCUT2D eigenvalue weighted by Crippen LogP contribution is 2.51. The minimum Gasteiger partial charge on any atom is -0.397 e. The molecule has 1 fully saturated rings. The van der Waals surface area contributed by atoms with Crippen molar-refractivity contribution in [1.29, 1.82) is 0 Å². The van der Waals surface area contributed by atoms with Crippen LogP contribution in [0.25, 0.3) is 10.1 Å². The summed E-state index contributed by atoms with van der Waals surface area (Å²) in [5.74, 6) is 0.563. The fraction of sp³-hybridized carbons (Fsp3) is 0.400. The Bertz CT molecular complexity index is 645. The molecule has 3 nitrogen and oxygen atoms in total. The molecule has 100 valence electrons. The number of amides is 1. The molecule has 1 unspecified atom stereocenters. The molecular weight excluding hydrogens is 256 g/mol. The molecule has 1 amide bonds. The lowest BCUT2D eigenvalue weighted by Crippen LogP contribution is -2.26. The Kier molecular flexibility index (Phi) is 2.78. The van der Waals surface area contributed by atoms with Crippen LogP contribution in [0.4, 0.5) is 5.69 Å². The van der Waals surface area contributed by atoms with Gasteiger partial charge in [-0.15, -0.1) is 11.3 Å². The zero-order valence-electron chi connectivity index (χ0n) is 11.2. The second-order valence-electron chi connectivity index (χ2n) is 5.94. The van der Waals surface area contributed by atoms with Gasteiger partial charge in [-0.05, 0) is 23.8 Å². The van der Waals surface area contributed by atoms with Gasteiger partial charge in [0, 0.05) is 16.6 Å². The van der Waals surface area contributed by atoms with Crippen LogP contribution in [0.2, 0.25) is 0 Å². The zero-order chi connectivity index (χ0) is 13.6. The lowest BCUT2D eigenvalue weighted by molar-refractivity contribution is 0.0955. The summed E-state index contributed by atoms with van der Waals surface area (Å²) in [5.41, 5.74) is 7.06. The first kappa shape index (κ1) is 12.5. The van der Waals surface area contributed by atoms with Crippen molar-refractivity contribution >= 4 is 33.0 Å². The highest BCUT2D eigenvalue weighted by Gasteiger charge is 2.45. The third-order valence-corrected chi connectivity index (χ3v) is 5.25. The van der Waals surface area contributed by atoms with Gasteiger partial charge in [-0.25, -0.2) is 0 Å². The molecule has 1 aliphatic carbocycles. The molecule has 3 N–H and O–H groups in total. The van der Waals surface area contributed by atoms with Gasteiger partial charge in [0.2, 0.25) is 0 Å². The monoisotopic (exact) mass is 274 g/mol. The average Bonchev–Trinajstić information content (AvgIpc) is 2.85. The van der Waals surface area contributed by atoms with E-state index in [4.69, 9.17) is 5.73 Å². The molecule has 1 heterocycles. The van der Waals surface area contributed by atoms with E-state index < -0.39 is 0 Å². The Morgan fingerprint density at radius 3 is 2.79 bits per heavy atom. The summed E-state index contributed by atoms with van der Waals surface area (Å²) in [6.07, 6.45) is 1.19. The third-order valence-electron chi connectivity index (χ3n) is 4.07.